The van der Waals surface area contributed by atoms with Crippen LogP contribution in [-0.4, -0.2) is 18.0 Å². The summed E-state index contributed by atoms with van der Waals surface area (Å²) in [5.41, 5.74) is 12.7. The molecule has 36 heavy (non-hydrogen) atoms. The van der Waals surface area contributed by atoms with Crippen LogP contribution in [0.25, 0.3) is 11.6 Å². The van der Waals surface area contributed by atoms with Crippen molar-refractivity contribution in [3.8, 4) is 0 Å². The molecule has 0 saturated heterocycles. The van der Waals surface area contributed by atoms with Crippen LogP contribution in [0.5, 0.6) is 0 Å². The molecule has 2 aromatic rings. The van der Waals surface area contributed by atoms with Crippen molar-refractivity contribution in [3.05, 3.63) is 130 Å². The SMILES string of the molecule is C=Cc1ccc(C2=CC(Cc3ccccc3)CCC3=CC(C4=C(C)C(CC)C=C4C)=CN(C)C32)cc1. The molecule has 0 N–H and O–H groups in total. The molecule has 3 atom stereocenters. The minimum Gasteiger partial charge on any atom is -0.369 e. The number of hydrogen-bond acceptors (Lipinski definition) is 1. The smallest absolute Gasteiger partial charge is 0.0753 e. The number of rotatable bonds is 6. The molecule has 1 heteroatoms. The van der Waals surface area contributed by atoms with Gasteiger partial charge in [0.25, 0.3) is 0 Å². The lowest BCUT2D eigenvalue weighted by Crippen LogP contribution is -2.33. The Balaban J connectivity index is 1.55. The van der Waals surface area contributed by atoms with Gasteiger partial charge in [-0.1, -0.05) is 98.0 Å². The third-order valence-corrected chi connectivity index (χ3v) is 8.30. The van der Waals surface area contributed by atoms with Gasteiger partial charge in [-0.2, -0.15) is 0 Å². The standard InChI is InChI=1S/C35H39N/c1-6-26-13-16-30(17-14-26)33-21-28(20-27-11-9-8-10-12-27)15-18-31-22-32(23-36(5)35(31)33)34-24(3)19-29(7-2)25(34)4/h6,8-14,16-17,19,21-23,28-29,35H,1,7,15,18,20H2,2-5H3. The zero-order valence-electron chi connectivity index (χ0n) is 22.3. The highest BCUT2D eigenvalue weighted by molar-refractivity contribution is 5.76. The molecule has 1 aliphatic heterocycles. The summed E-state index contributed by atoms with van der Waals surface area (Å²) in [7, 11) is 2.27. The van der Waals surface area contributed by atoms with Gasteiger partial charge in [0.1, 0.15) is 0 Å². The van der Waals surface area contributed by atoms with Crippen LogP contribution in [0.4, 0.5) is 0 Å². The minimum absolute atomic E-state index is 0.276. The molecule has 0 bridgehead atoms. The Morgan fingerprint density at radius 1 is 1.00 bits per heavy atom. The Bertz CT molecular complexity index is 1280. The van der Waals surface area contributed by atoms with E-state index in [2.05, 4.69) is 118 Å². The topological polar surface area (TPSA) is 3.24 Å². The summed E-state index contributed by atoms with van der Waals surface area (Å²) in [5, 5.41) is 0. The molecule has 184 valence electrons. The van der Waals surface area contributed by atoms with E-state index < -0.39 is 0 Å². The van der Waals surface area contributed by atoms with Gasteiger partial charge in [-0.25, -0.2) is 0 Å². The van der Waals surface area contributed by atoms with Crippen molar-refractivity contribution in [1.82, 2.24) is 4.90 Å². The van der Waals surface area contributed by atoms with Gasteiger partial charge in [-0.3, -0.25) is 0 Å². The van der Waals surface area contributed by atoms with Crippen molar-refractivity contribution in [2.24, 2.45) is 11.8 Å². The summed E-state index contributed by atoms with van der Waals surface area (Å²) in [4.78, 5) is 2.47. The van der Waals surface area contributed by atoms with Crippen molar-refractivity contribution in [2.45, 2.75) is 52.5 Å². The summed E-state index contributed by atoms with van der Waals surface area (Å²) >= 11 is 0. The number of benzene rings is 2. The molecule has 5 rings (SSSR count). The van der Waals surface area contributed by atoms with E-state index in [1.807, 2.05) is 6.08 Å². The monoisotopic (exact) mass is 473 g/mol. The van der Waals surface area contributed by atoms with Crippen LogP contribution in [0.3, 0.4) is 0 Å². The Kier molecular flexibility index (Phi) is 7.01. The molecule has 2 aromatic carbocycles. The molecule has 0 saturated carbocycles. The summed E-state index contributed by atoms with van der Waals surface area (Å²) in [6, 6.07) is 20.2. The van der Waals surface area contributed by atoms with E-state index in [-0.39, 0.29) is 6.04 Å². The van der Waals surface area contributed by atoms with E-state index in [1.54, 1.807) is 0 Å². The highest BCUT2D eigenvalue weighted by atomic mass is 15.1. The Hall–Kier alpha value is -3.32. The van der Waals surface area contributed by atoms with Crippen molar-refractivity contribution in [2.75, 3.05) is 7.05 Å². The largest absolute Gasteiger partial charge is 0.369 e. The third-order valence-electron chi connectivity index (χ3n) is 8.30. The second-order valence-electron chi connectivity index (χ2n) is 10.7. The zero-order chi connectivity index (χ0) is 25.2. The lowest BCUT2D eigenvalue weighted by atomic mass is 9.85. The molecule has 1 nitrogen and oxygen atoms in total. The normalized spacial score (nSPS) is 23.9. The van der Waals surface area contributed by atoms with Crippen LogP contribution in [0, 0.1) is 11.8 Å². The second kappa shape index (κ2) is 10.3. The van der Waals surface area contributed by atoms with Gasteiger partial charge in [0.15, 0.2) is 0 Å². The fraction of sp³-hybridized carbons (Fsp3) is 0.314. The van der Waals surface area contributed by atoms with Crippen LogP contribution in [-0.2, 0) is 6.42 Å². The Labute approximate surface area is 217 Å². The number of nitrogens with zero attached hydrogens (tertiary/aromatic N) is 1. The van der Waals surface area contributed by atoms with Crippen LogP contribution >= 0.6 is 0 Å². The Morgan fingerprint density at radius 2 is 1.75 bits per heavy atom. The number of allylic oxidation sites excluding steroid dienone is 7. The molecule has 0 amide bonds. The maximum absolute atomic E-state index is 3.95. The molecule has 1 heterocycles. The van der Waals surface area contributed by atoms with Gasteiger partial charge < -0.3 is 4.90 Å². The molecule has 3 aliphatic rings. The molecule has 0 aromatic heterocycles. The number of hydrogen-bond donors (Lipinski definition) is 0. The molecule has 0 radical (unpaired) electrons. The van der Waals surface area contributed by atoms with Crippen molar-refractivity contribution < 1.29 is 0 Å². The predicted octanol–water partition coefficient (Wildman–Crippen LogP) is 8.79. The lowest BCUT2D eigenvalue weighted by Gasteiger charge is -2.35. The molecule has 0 spiro atoms. The number of fused-ring (bicyclic) bond motifs is 1. The second-order valence-corrected chi connectivity index (χ2v) is 10.7. The third kappa shape index (κ3) is 4.72. The molecule has 0 fully saturated rings. The fourth-order valence-corrected chi connectivity index (χ4v) is 6.45. The van der Waals surface area contributed by atoms with Crippen LogP contribution < -0.4 is 0 Å². The van der Waals surface area contributed by atoms with E-state index in [9.17, 15) is 0 Å². The van der Waals surface area contributed by atoms with E-state index in [4.69, 9.17) is 0 Å². The summed E-state index contributed by atoms with van der Waals surface area (Å²) in [6.45, 7) is 10.9. The van der Waals surface area contributed by atoms with Gasteiger partial charge in [-0.15, -0.1) is 0 Å². The zero-order valence-corrected chi connectivity index (χ0v) is 22.3. The summed E-state index contributed by atoms with van der Waals surface area (Å²) in [5.74, 6) is 1.09. The van der Waals surface area contributed by atoms with Gasteiger partial charge >= 0.3 is 0 Å². The van der Waals surface area contributed by atoms with Crippen LogP contribution in [0.2, 0.25) is 0 Å². The molecular weight excluding hydrogens is 434 g/mol. The highest BCUT2D eigenvalue weighted by Crippen LogP contribution is 2.43. The van der Waals surface area contributed by atoms with Gasteiger partial charge in [0.05, 0.1) is 6.04 Å². The lowest BCUT2D eigenvalue weighted by molar-refractivity contribution is 0.416. The van der Waals surface area contributed by atoms with E-state index in [0.717, 1.165) is 12.8 Å². The van der Waals surface area contributed by atoms with Crippen LogP contribution in [0.15, 0.2) is 113 Å². The average molecular weight is 474 g/mol. The number of likely N-dealkylation sites (N-methyl/N-ethyl adjacent to an activating group) is 1. The minimum atomic E-state index is 0.276. The first-order valence-corrected chi connectivity index (χ1v) is 13.5. The molecule has 2 aliphatic carbocycles. The quantitative estimate of drug-likeness (QED) is 0.405. The summed E-state index contributed by atoms with van der Waals surface area (Å²) < 4.78 is 0. The first-order valence-electron chi connectivity index (χ1n) is 13.5. The predicted molar refractivity (Wildman–Crippen MR) is 155 cm³/mol. The molecule has 3 unspecified atom stereocenters. The van der Waals surface area contributed by atoms with E-state index in [1.165, 1.54) is 63.0 Å². The highest BCUT2D eigenvalue weighted by Gasteiger charge is 2.32. The van der Waals surface area contributed by atoms with Crippen molar-refractivity contribution >= 4 is 11.6 Å². The van der Waals surface area contributed by atoms with E-state index >= 15 is 0 Å². The summed E-state index contributed by atoms with van der Waals surface area (Å²) in [6.07, 6.45) is 16.4. The van der Waals surface area contributed by atoms with Gasteiger partial charge in [0, 0.05) is 13.2 Å². The first kappa shape index (κ1) is 24.4. The van der Waals surface area contributed by atoms with Gasteiger partial charge in [0.2, 0.25) is 0 Å². The maximum atomic E-state index is 3.95. The Morgan fingerprint density at radius 3 is 2.42 bits per heavy atom. The maximum Gasteiger partial charge on any atom is 0.0753 e. The molecular formula is C35H39N. The first-order chi connectivity index (χ1) is 17.5. The van der Waals surface area contributed by atoms with Crippen LogP contribution in [0.1, 0.15) is 56.7 Å². The van der Waals surface area contributed by atoms with E-state index in [0.29, 0.717) is 11.8 Å². The fourth-order valence-electron chi connectivity index (χ4n) is 6.45. The average Bonchev–Trinajstić information content (AvgIpc) is 3.06. The van der Waals surface area contributed by atoms with Crippen molar-refractivity contribution in [1.29, 1.82) is 0 Å². The van der Waals surface area contributed by atoms with Crippen molar-refractivity contribution in [3.63, 3.8) is 0 Å². The van der Waals surface area contributed by atoms with Gasteiger partial charge in [-0.05, 0) is 95.9 Å².